The van der Waals surface area contributed by atoms with Crippen LogP contribution in [0.4, 0.5) is 0 Å². The first-order valence-corrected chi connectivity index (χ1v) is 8.97. The summed E-state index contributed by atoms with van der Waals surface area (Å²) < 4.78 is 15.9. The Balaban J connectivity index is 1.48. The van der Waals surface area contributed by atoms with Gasteiger partial charge in [0, 0.05) is 20.0 Å². The molecule has 0 saturated carbocycles. The van der Waals surface area contributed by atoms with Crippen molar-refractivity contribution in [3.63, 3.8) is 0 Å². The van der Waals surface area contributed by atoms with Crippen LogP contribution in [0.3, 0.4) is 0 Å². The summed E-state index contributed by atoms with van der Waals surface area (Å²) in [6, 6.07) is 8.04. The normalized spacial score (nSPS) is 13.1. The van der Waals surface area contributed by atoms with E-state index in [1.54, 1.807) is 20.0 Å². The van der Waals surface area contributed by atoms with E-state index in [9.17, 15) is 4.79 Å². The quantitative estimate of drug-likeness (QED) is 0.460. The van der Waals surface area contributed by atoms with E-state index in [1.165, 1.54) is 18.2 Å². The zero-order valence-electron chi connectivity index (χ0n) is 15.9. The molecule has 1 aromatic carbocycles. The van der Waals surface area contributed by atoms with Gasteiger partial charge in [0.2, 0.25) is 0 Å². The van der Waals surface area contributed by atoms with Crippen molar-refractivity contribution in [1.29, 1.82) is 0 Å². The van der Waals surface area contributed by atoms with Crippen LogP contribution in [0.2, 0.25) is 0 Å². The molecule has 0 amide bonds. The second kappa shape index (κ2) is 8.62. The molecule has 1 aromatic heterocycles. The van der Waals surface area contributed by atoms with Gasteiger partial charge >= 0.3 is 5.97 Å². The van der Waals surface area contributed by atoms with Gasteiger partial charge in [-0.15, -0.1) is 0 Å². The van der Waals surface area contributed by atoms with Crippen LogP contribution >= 0.6 is 0 Å². The summed E-state index contributed by atoms with van der Waals surface area (Å²) in [5.41, 5.74) is 2.99. The van der Waals surface area contributed by atoms with E-state index in [1.807, 2.05) is 6.07 Å². The SMILES string of the molecule is CN=C(NCCc1ccc2c(c1)CCO2)NCc1cc(C(=O)OC)c(C)o1. The Hall–Kier alpha value is -2.96. The molecule has 0 aliphatic carbocycles. The van der Waals surface area contributed by atoms with E-state index in [0.717, 1.165) is 31.7 Å². The van der Waals surface area contributed by atoms with E-state index < -0.39 is 5.97 Å². The number of hydrogen-bond donors (Lipinski definition) is 2. The first-order valence-electron chi connectivity index (χ1n) is 8.97. The molecule has 0 fully saturated rings. The minimum atomic E-state index is -0.398. The van der Waals surface area contributed by atoms with Crippen LogP contribution < -0.4 is 15.4 Å². The van der Waals surface area contributed by atoms with Crippen LogP contribution in [-0.4, -0.2) is 39.2 Å². The number of benzene rings is 1. The molecule has 0 radical (unpaired) electrons. The zero-order valence-corrected chi connectivity index (χ0v) is 15.9. The lowest BCUT2D eigenvalue weighted by molar-refractivity contribution is 0.0599. The van der Waals surface area contributed by atoms with E-state index in [0.29, 0.717) is 29.6 Å². The van der Waals surface area contributed by atoms with Gasteiger partial charge in [-0.1, -0.05) is 12.1 Å². The highest BCUT2D eigenvalue weighted by Gasteiger charge is 2.15. The van der Waals surface area contributed by atoms with Crippen molar-refractivity contribution in [2.75, 3.05) is 27.3 Å². The molecule has 2 aromatic rings. The third-order valence-electron chi connectivity index (χ3n) is 4.49. The van der Waals surface area contributed by atoms with Crippen molar-refractivity contribution in [3.8, 4) is 5.75 Å². The lowest BCUT2D eigenvalue weighted by atomic mass is 10.1. The van der Waals surface area contributed by atoms with Crippen LogP contribution in [0.1, 0.15) is 33.0 Å². The molecule has 27 heavy (non-hydrogen) atoms. The van der Waals surface area contributed by atoms with Crippen molar-refractivity contribution in [2.24, 2.45) is 4.99 Å². The summed E-state index contributed by atoms with van der Waals surface area (Å²) in [4.78, 5) is 15.9. The Labute approximate surface area is 158 Å². The maximum Gasteiger partial charge on any atom is 0.341 e. The van der Waals surface area contributed by atoms with Gasteiger partial charge in [0.1, 0.15) is 22.8 Å². The van der Waals surface area contributed by atoms with Crippen molar-refractivity contribution in [2.45, 2.75) is 26.3 Å². The second-order valence-corrected chi connectivity index (χ2v) is 6.32. The number of aryl methyl sites for hydroxylation is 1. The zero-order chi connectivity index (χ0) is 19.2. The number of hydrogen-bond acceptors (Lipinski definition) is 5. The Kier molecular flexibility index (Phi) is 6.01. The number of nitrogens with one attached hydrogen (secondary N) is 2. The molecule has 0 bridgehead atoms. The fraction of sp³-hybridized carbons (Fsp3) is 0.400. The molecule has 7 heteroatoms. The molecule has 1 aliphatic rings. The number of furan rings is 1. The summed E-state index contributed by atoms with van der Waals surface area (Å²) in [5.74, 6) is 2.47. The van der Waals surface area contributed by atoms with E-state index in [-0.39, 0.29) is 0 Å². The van der Waals surface area contributed by atoms with Gasteiger partial charge < -0.3 is 24.5 Å². The average Bonchev–Trinajstić information content (AvgIpc) is 3.29. The molecule has 2 N–H and O–H groups in total. The van der Waals surface area contributed by atoms with Crippen molar-refractivity contribution in [1.82, 2.24) is 10.6 Å². The van der Waals surface area contributed by atoms with E-state index >= 15 is 0 Å². The number of carbonyl (C=O) groups excluding carboxylic acids is 1. The van der Waals surface area contributed by atoms with E-state index in [4.69, 9.17) is 13.9 Å². The van der Waals surface area contributed by atoms with Gasteiger partial charge in [0.25, 0.3) is 0 Å². The predicted octanol–water partition coefficient (Wildman–Crippen LogP) is 2.22. The van der Waals surface area contributed by atoms with Crippen LogP contribution in [0.5, 0.6) is 5.75 Å². The number of ether oxygens (including phenoxy) is 2. The standard InChI is InChI=1S/C20H25N3O4/c1-13-17(19(24)25-3)11-16(27-13)12-23-20(21-2)22-8-6-14-4-5-18-15(10-14)7-9-26-18/h4-5,10-11H,6-9,12H2,1-3H3,(H2,21,22,23). The minimum Gasteiger partial charge on any atom is -0.493 e. The first-order chi connectivity index (χ1) is 13.1. The van der Waals surface area contributed by atoms with Crippen molar-refractivity contribution in [3.05, 3.63) is 52.5 Å². The number of esters is 1. The van der Waals surface area contributed by atoms with Crippen LogP contribution in [-0.2, 0) is 24.1 Å². The summed E-state index contributed by atoms with van der Waals surface area (Å²) in [6.07, 6.45) is 1.87. The molecule has 144 valence electrons. The topological polar surface area (TPSA) is 85.1 Å². The summed E-state index contributed by atoms with van der Waals surface area (Å²) in [7, 11) is 3.07. The minimum absolute atomic E-state index is 0.398. The summed E-state index contributed by atoms with van der Waals surface area (Å²) >= 11 is 0. The largest absolute Gasteiger partial charge is 0.493 e. The smallest absolute Gasteiger partial charge is 0.341 e. The predicted molar refractivity (Wildman–Crippen MR) is 102 cm³/mol. The summed E-state index contributed by atoms with van der Waals surface area (Å²) in [6.45, 7) is 3.69. The number of nitrogens with zero attached hydrogens (tertiary/aromatic N) is 1. The Morgan fingerprint density at radius 2 is 2.15 bits per heavy atom. The second-order valence-electron chi connectivity index (χ2n) is 6.32. The van der Waals surface area contributed by atoms with Gasteiger partial charge in [0.15, 0.2) is 5.96 Å². The van der Waals surface area contributed by atoms with Crippen LogP contribution in [0, 0.1) is 6.92 Å². The Morgan fingerprint density at radius 3 is 2.93 bits per heavy atom. The van der Waals surface area contributed by atoms with Crippen molar-refractivity contribution >= 4 is 11.9 Å². The first kappa shape index (κ1) is 18.8. The maximum absolute atomic E-state index is 11.6. The van der Waals surface area contributed by atoms with E-state index in [2.05, 4.69) is 27.8 Å². The van der Waals surface area contributed by atoms with Crippen LogP contribution in [0.25, 0.3) is 0 Å². The lowest BCUT2D eigenvalue weighted by Gasteiger charge is -2.11. The molecular weight excluding hydrogens is 346 g/mol. The van der Waals surface area contributed by atoms with Gasteiger partial charge in [-0.2, -0.15) is 0 Å². The fourth-order valence-electron chi connectivity index (χ4n) is 3.06. The third kappa shape index (κ3) is 4.61. The molecule has 2 heterocycles. The number of rotatable bonds is 6. The molecule has 3 rings (SSSR count). The number of carbonyl (C=O) groups is 1. The maximum atomic E-state index is 11.6. The highest BCUT2D eigenvalue weighted by molar-refractivity contribution is 5.90. The molecule has 7 nitrogen and oxygen atoms in total. The Morgan fingerprint density at radius 1 is 1.30 bits per heavy atom. The monoisotopic (exact) mass is 371 g/mol. The highest BCUT2D eigenvalue weighted by atomic mass is 16.5. The van der Waals surface area contributed by atoms with Gasteiger partial charge in [-0.25, -0.2) is 4.79 Å². The van der Waals surface area contributed by atoms with Crippen molar-refractivity contribution < 1.29 is 18.7 Å². The molecule has 1 aliphatic heterocycles. The van der Waals surface area contributed by atoms with Gasteiger partial charge in [-0.3, -0.25) is 4.99 Å². The number of fused-ring (bicyclic) bond motifs is 1. The number of guanidine groups is 1. The fourth-order valence-corrected chi connectivity index (χ4v) is 3.06. The molecule has 0 spiro atoms. The molecular formula is C20H25N3O4. The van der Waals surface area contributed by atoms with Gasteiger partial charge in [0.05, 0.1) is 20.3 Å². The highest BCUT2D eigenvalue weighted by Crippen LogP contribution is 2.25. The molecule has 0 atom stereocenters. The van der Waals surface area contributed by atoms with Gasteiger partial charge in [-0.05, 0) is 36.6 Å². The molecule has 0 saturated heterocycles. The Bertz CT molecular complexity index is 842. The molecule has 0 unspecified atom stereocenters. The average molecular weight is 371 g/mol. The van der Waals surface area contributed by atoms with Crippen LogP contribution in [0.15, 0.2) is 33.7 Å². The number of methoxy groups -OCH3 is 1. The lowest BCUT2D eigenvalue weighted by Crippen LogP contribution is -2.37. The summed E-state index contributed by atoms with van der Waals surface area (Å²) in [5, 5.41) is 6.47. The third-order valence-corrected chi connectivity index (χ3v) is 4.49. The number of aliphatic imine (C=N–C) groups is 1.